The molecule has 0 amide bonds. The van der Waals surface area contributed by atoms with Crippen LogP contribution in [-0.2, 0) is 5.41 Å². The van der Waals surface area contributed by atoms with Gasteiger partial charge < -0.3 is 4.90 Å². The van der Waals surface area contributed by atoms with Crippen molar-refractivity contribution in [2.24, 2.45) is 0 Å². The summed E-state index contributed by atoms with van der Waals surface area (Å²) in [5.41, 5.74) is 7.93. The molecule has 1 heteroatoms. The molecule has 0 bridgehead atoms. The van der Waals surface area contributed by atoms with Crippen LogP contribution >= 0.6 is 0 Å². The molecule has 0 aromatic heterocycles. The second-order valence-corrected chi connectivity index (χ2v) is 9.08. The molecule has 0 heterocycles. The summed E-state index contributed by atoms with van der Waals surface area (Å²) in [5, 5.41) is 0. The van der Waals surface area contributed by atoms with Crippen LogP contribution < -0.4 is 4.90 Å². The first-order valence-corrected chi connectivity index (χ1v) is 10.9. The molecule has 0 aliphatic heterocycles. The first-order valence-electron chi connectivity index (χ1n) is 10.9. The van der Waals surface area contributed by atoms with Crippen LogP contribution in [0.15, 0.2) is 72.8 Å². The van der Waals surface area contributed by atoms with E-state index in [-0.39, 0.29) is 5.41 Å². The molecule has 3 aromatic carbocycles. The van der Waals surface area contributed by atoms with Crippen LogP contribution in [0.2, 0.25) is 0 Å². The molecular weight excluding hydrogens is 350 g/mol. The van der Waals surface area contributed by atoms with Crippen molar-refractivity contribution in [2.75, 3.05) is 18.5 Å². The molecule has 0 saturated carbocycles. The van der Waals surface area contributed by atoms with Gasteiger partial charge in [-0.15, -0.1) is 0 Å². The third kappa shape index (κ3) is 5.50. The standard InChI is InChI=1S/C28H35N/c1-6-7-8-21-29(5)27-19-15-25(16-20-27)23-11-9-22(10-12-23)24-13-17-26(18-14-24)28(2,3)4/h9-20H,6-8,21H2,1-5H3. The van der Waals surface area contributed by atoms with E-state index in [9.17, 15) is 0 Å². The maximum atomic E-state index is 2.35. The van der Waals surface area contributed by atoms with E-state index in [2.05, 4.69) is 112 Å². The van der Waals surface area contributed by atoms with Crippen LogP contribution in [0.3, 0.4) is 0 Å². The van der Waals surface area contributed by atoms with Gasteiger partial charge in [-0.1, -0.05) is 101 Å². The average Bonchev–Trinajstić information content (AvgIpc) is 2.73. The third-order valence-corrected chi connectivity index (χ3v) is 5.71. The second-order valence-electron chi connectivity index (χ2n) is 9.08. The fraction of sp³-hybridized carbons (Fsp3) is 0.357. The molecular formula is C28H35N. The number of rotatable bonds is 7. The number of benzene rings is 3. The summed E-state index contributed by atoms with van der Waals surface area (Å²) in [6.07, 6.45) is 3.82. The number of hydrogen-bond donors (Lipinski definition) is 0. The summed E-state index contributed by atoms with van der Waals surface area (Å²) in [6, 6.07) is 26.8. The van der Waals surface area contributed by atoms with Gasteiger partial charge in [-0.3, -0.25) is 0 Å². The maximum Gasteiger partial charge on any atom is 0.0364 e. The Bertz CT molecular complexity index is 881. The summed E-state index contributed by atoms with van der Waals surface area (Å²) < 4.78 is 0. The minimum Gasteiger partial charge on any atom is -0.375 e. The molecule has 0 aliphatic carbocycles. The quantitative estimate of drug-likeness (QED) is 0.373. The van der Waals surface area contributed by atoms with Crippen LogP contribution in [0.25, 0.3) is 22.3 Å². The molecule has 0 unspecified atom stereocenters. The Kier molecular flexibility index (Phi) is 6.79. The van der Waals surface area contributed by atoms with E-state index in [1.165, 1.54) is 52.8 Å². The summed E-state index contributed by atoms with van der Waals surface area (Å²) in [4.78, 5) is 2.35. The summed E-state index contributed by atoms with van der Waals surface area (Å²) in [6.45, 7) is 10.1. The Balaban J connectivity index is 1.70. The van der Waals surface area contributed by atoms with Crippen LogP contribution in [-0.4, -0.2) is 13.6 Å². The molecule has 29 heavy (non-hydrogen) atoms. The predicted molar refractivity (Wildman–Crippen MR) is 129 cm³/mol. The SMILES string of the molecule is CCCCCN(C)c1ccc(-c2ccc(-c3ccc(C(C)(C)C)cc3)cc2)cc1. The van der Waals surface area contributed by atoms with Crippen molar-refractivity contribution in [3.8, 4) is 22.3 Å². The number of nitrogens with zero attached hydrogens (tertiary/aromatic N) is 1. The summed E-state index contributed by atoms with van der Waals surface area (Å²) >= 11 is 0. The van der Waals surface area contributed by atoms with Gasteiger partial charge in [0.1, 0.15) is 0 Å². The van der Waals surface area contributed by atoms with Gasteiger partial charge in [-0.25, -0.2) is 0 Å². The highest BCUT2D eigenvalue weighted by molar-refractivity contribution is 5.71. The van der Waals surface area contributed by atoms with Crippen molar-refractivity contribution in [3.05, 3.63) is 78.4 Å². The Labute approximate surface area is 177 Å². The van der Waals surface area contributed by atoms with Crippen LogP contribution in [0.4, 0.5) is 5.69 Å². The highest BCUT2D eigenvalue weighted by Crippen LogP contribution is 2.29. The largest absolute Gasteiger partial charge is 0.375 e. The minimum atomic E-state index is 0.193. The fourth-order valence-electron chi connectivity index (χ4n) is 3.65. The topological polar surface area (TPSA) is 3.24 Å². The Hall–Kier alpha value is -2.54. The van der Waals surface area contributed by atoms with Gasteiger partial charge in [0.15, 0.2) is 0 Å². The average molecular weight is 386 g/mol. The highest BCUT2D eigenvalue weighted by Gasteiger charge is 2.13. The van der Waals surface area contributed by atoms with E-state index in [0.717, 1.165) is 6.54 Å². The lowest BCUT2D eigenvalue weighted by atomic mass is 9.86. The van der Waals surface area contributed by atoms with Gasteiger partial charge in [0, 0.05) is 19.3 Å². The van der Waals surface area contributed by atoms with Crippen molar-refractivity contribution >= 4 is 5.69 Å². The van der Waals surface area contributed by atoms with Gasteiger partial charge in [-0.2, -0.15) is 0 Å². The molecule has 1 nitrogen and oxygen atoms in total. The van der Waals surface area contributed by atoms with Gasteiger partial charge in [0.2, 0.25) is 0 Å². The molecule has 0 saturated heterocycles. The molecule has 0 N–H and O–H groups in total. The summed E-state index contributed by atoms with van der Waals surface area (Å²) in [5.74, 6) is 0. The fourth-order valence-corrected chi connectivity index (χ4v) is 3.65. The van der Waals surface area contributed by atoms with Crippen molar-refractivity contribution in [1.82, 2.24) is 0 Å². The Morgan fingerprint density at radius 1 is 0.621 bits per heavy atom. The van der Waals surface area contributed by atoms with Gasteiger partial charge in [0.25, 0.3) is 0 Å². The van der Waals surface area contributed by atoms with E-state index < -0.39 is 0 Å². The van der Waals surface area contributed by atoms with Crippen molar-refractivity contribution < 1.29 is 0 Å². The van der Waals surface area contributed by atoms with Crippen LogP contribution in [0.5, 0.6) is 0 Å². The number of anilines is 1. The van der Waals surface area contributed by atoms with Gasteiger partial charge in [0.05, 0.1) is 0 Å². The highest BCUT2D eigenvalue weighted by atomic mass is 15.1. The number of unbranched alkanes of at least 4 members (excludes halogenated alkanes) is 2. The lowest BCUT2D eigenvalue weighted by molar-refractivity contribution is 0.590. The molecule has 0 aliphatic rings. The van der Waals surface area contributed by atoms with E-state index in [1.54, 1.807) is 0 Å². The zero-order valence-corrected chi connectivity index (χ0v) is 18.7. The van der Waals surface area contributed by atoms with Gasteiger partial charge >= 0.3 is 0 Å². The molecule has 0 atom stereocenters. The minimum absolute atomic E-state index is 0.193. The smallest absolute Gasteiger partial charge is 0.0364 e. The molecule has 0 spiro atoms. The van der Waals surface area contributed by atoms with E-state index in [0.29, 0.717) is 0 Å². The zero-order valence-electron chi connectivity index (χ0n) is 18.7. The monoisotopic (exact) mass is 385 g/mol. The Morgan fingerprint density at radius 3 is 1.45 bits per heavy atom. The zero-order chi connectivity index (χ0) is 20.9. The van der Waals surface area contributed by atoms with Gasteiger partial charge in [-0.05, 0) is 51.8 Å². The lowest BCUT2D eigenvalue weighted by Crippen LogP contribution is -2.18. The maximum absolute atomic E-state index is 2.35. The number of hydrogen-bond acceptors (Lipinski definition) is 1. The summed E-state index contributed by atoms with van der Waals surface area (Å²) in [7, 11) is 2.18. The van der Waals surface area contributed by atoms with Crippen LogP contribution in [0.1, 0.15) is 52.5 Å². The van der Waals surface area contributed by atoms with E-state index in [1.807, 2.05) is 0 Å². The molecule has 3 rings (SSSR count). The molecule has 3 aromatic rings. The second kappa shape index (κ2) is 9.31. The predicted octanol–water partition coefficient (Wildman–Crippen LogP) is 7.94. The first-order chi connectivity index (χ1) is 13.9. The first kappa shape index (κ1) is 21.2. The third-order valence-electron chi connectivity index (χ3n) is 5.71. The molecule has 152 valence electrons. The van der Waals surface area contributed by atoms with E-state index in [4.69, 9.17) is 0 Å². The van der Waals surface area contributed by atoms with E-state index >= 15 is 0 Å². The molecule has 0 fully saturated rings. The van der Waals surface area contributed by atoms with Crippen LogP contribution in [0, 0.1) is 0 Å². The van der Waals surface area contributed by atoms with Crippen molar-refractivity contribution in [1.29, 1.82) is 0 Å². The van der Waals surface area contributed by atoms with Crippen molar-refractivity contribution in [3.63, 3.8) is 0 Å². The normalized spacial score (nSPS) is 11.5. The lowest BCUT2D eigenvalue weighted by Gasteiger charge is -2.19. The Morgan fingerprint density at radius 2 is 1.03 bits per heavy atom. The molecule has 0 radical (unpaired) electrons. The van der Waals surface area contributed by atoms with Crippen molar-refractivity contribution in [2.45, 2.75) is 52.4 Å².